The van der Waals surface area contributed by atoms with Crippen LogP contribution in [0.25, 0.3) is 10.8 Å². The molecule has 0 saturated carbocycles. The van der Waals surface area contributed by atoms with Crippen molar-refractivity contribution in [2.24, 2.45) is 20.5 Å². The summed E-state index contributed by atoms with van der Waals surface area (Å²) in [4.78, 5) is 26.1. The molecule has 0 aliphatic rings. The van der Waals surface area contributed by atoms with Crippen molar-refractivity contribution in [1.82, 2.24) is 0 Å². The molecular formula is C56H60N4O6. The highest BCUT2D eigenvalue weighted by Gasteiger charge is 2.12. The van der Waals surface area contributed by atoms with E-state index in [0.29, 0.717) is 58.6 Å². The molecule has 340 valence electrons. The lowest BCUT2D eigenvalue weighted by Crippen LogP contribution is -2.08. The molecule has 66 heavy (non-hydrogen) atoms. The van der Waals surface area contributed by atoms with E-state index in [2.05, 4.69) is 33.6 Å². The average molecular weight is 885 g/mol. The van der Waals surface area contributed by atoms with Crippen LogP contribution in [-0.4, -0.2) is 25.2 Å². The zero-order valence-corrected chi connectivity index (χ0v) is 37.8. The lowest BCUT2D eigenvalue weighted by Gasteiger charge is -2.08. The molecule has 0 unspecified atom stereocenters. The molecule has 0 amide bonds. The third-order valence-corrected chi connectivity index (χ3v) is 10.8. The van der Waals surface area contributed by atoms with Gasteiger partial charge < -0.3 is 18.9 Å². The average Bonchev–Trinajstić information content (AvgIpc) is 3.35. The van der Waals surface area contributed by atoms with Crippen LogP contribution in [-0.2, 0) is 0 Å². The first-order chi connectivity index (χ1) is 32.4. The predicted molar refractivity (Wildman–Crippen MR) is 264 cm³/mol. The van der Waals surface area contributed by atoms with Crippen molar-refractivity contribution >= 4 is 45.5 Å². The molecule has 0 spiro atoms. The first-order valence-corrected chi connectivity index (χ1v) is 23.1. The number of carbonyl (C=O) groups excluding carboxylic acids is 2. The number of benzene rings is 6. The molecule has 0 heterocycles. The SMILES string of the molecule is C=CCCCCCCCCOc1ccc(N=Nc2ccc(C(=O)Oc3ccc4ccc(OC(=O)c5ccc(N=Nc6ccc(OCCCCCCCCC=C)cc6)cc5)cc4c3)cc2)cc1. The second-order valence-corrected chi connectivity index (χ2v) is 16.0. The number of esters is 2. The number of hydrogen-bond acceptors (Lipinski definition) is 10. The zero-order chi connectivity index (χ0) is 46.0. The maximum absolute atomic E-state index is 13.1. The standard InChI is InChI=1S/C56H60N4O6/c1-3-5-7-9-11-13-15-17-39-63-51-35-29-49(30-36-51)59-57-47-25-19-44(20-26-47)55(61)65-53-33-23-43-24-34-54(42-46(43)41-53)66-56(62)45-21-27-48(28-22-45)58-60-50-31-37-52(38-32-50)64-40-18-16-14-12-10-8-6-4-2/h3-4,19-38,41-42H,1-2,5-18,39-40H2. The number of ether oxygens (including phenoxy) is 4. The van der Waals surface area contributed by atoms with Crippen molar-refractivity contribution in [3.05, 3.63) is 170 Å². The van der Waals surface area contributed by atoms with E-state index in [-0.39, 0.29) is 0 Å². The second-order valence-electron chi connectivity index (χ2n) is 16.0. The minimum absolute atomic E-state index is 0.350. The number of unbranched alkanes of at least 4 members (excludes halogenated alkanes) is 12. The predicted octanol–water partition coefficient (Wildman–Crippen LogP) is 16.7. The number of rotatable bonds is 28. The van der Waals surface area contributed by atoms with E-state index in [4.69, 9.17) is 18.9 Å². The van der Waals surface area contributed by atoms with Gasteiger partial charge in [-0.3, -0.25) is 0 Å². The first kappa shape index (κ1) is 48.3. The molecular weight excluding hydrogens is 825 g/mol. The summed E-state index contributed by atoms with van der Waals surface area (Å²) in [6.07, 6.45) is 20.6. The summed E-state index contributed by atoms with van der Waals surface area (Å²) < 4.78 is 23.2. The lowest BCUT2D eigenvalue weighted by atomic mass is 10.1. The largest absolute Gasteiger partial charge is 0.494 e. The van der Waals surface area contributed by atoms with E-state index in [1.54, 1.807) is 72.8 Å². The summed E-state index contributed by atoms with van der Waals surface area (Å²) in [7, 11) is 0. The quantitative estimate of drug-likeness (QED) is 0.0159. The van der Waals surface area contributed by atoms with Crippen molar-refractivity contribution in [2.45, 2.75) is 89.9 Å². The number of carbonyl (C=O) groups is 2. The molecule has 10 nitrogen and oxygen atoms in total. The Labute approximate surface area is 389 Å². The summed E-state index contributed by atoms with van der Waals surface area (Å²) >= 11 is 0. The van der Waals surface area contributed by atoms with Gasteiger partial charge in [-0.05, 0) is 171 Å². The highest BCUT2D eigenvalue weighted by molar-refractivity contribution is 5.94. The number of fused-ring (bicyclic) bond motifs is 1. The maximum Gasteiger partial charge on any atom is 0.343 e. The third-order valence-electron chi connectivity index (χ3n) is 10.8. The molecule has 6 aromatic rings. The summed E-state index contributed by atoms with van der Waals surface area (Å²) in [5, 5.41) is 18.9. The Hall–Kier alpha value is -7.20. The van der Waals surface area contributed by atoms with Crippen molar-refractivity contribution in [3.8, 4) is 23.0 Å². The van der Waals surface area contributed by atoms with Gasteiger partial charge in [0.25, 0.3) is 0 Å². The molecule has 0 aliphatic heterocycles. The van der Waals surface area contributed by atoms with Crippen LogP contribution in [0.1, 0.15) is 111 Å². The monoisotopic (exact) mass is 884 g/mol. The van der Waals surface area contributed by atoms with Gasteiger partial charge in [-0.15, -0.1) is 13.2 Å². The Kier molecular flexibility index (Phi) is 19.9. The Balaban J connectivity index is 0.918. The zero-order valence-electron chi connectivity index (χ0n) is 37.8. The minimum atomic E-state index is -0.521. The summed E-state index contributed by atoms with van der Waals surface area (Å²) in [5.41, 5.74) is 3.30. The van der Waals surface area contributed by atoms with Gasteiger partial charge >= 0.3 is 11.9 Å². The van der Waals surface area contributed by atoms with Crippen molar-refractivity contribution in [1.29, 1.82) is 0 Å². The van der Waals surface area contributed by atoms with Crippen molar-refractivity contribution < 1.29 is 28.5 Å². The molecule has 10 heteroatoms. The smallest absolute Gasteiger partial charge is 0.343 e. The van der Waals surface area contributed by atoms with Crippen molar-refractivity contribution in [3.63, 3.8) is 0 Å². The molecule has 0 atom stereocenters. The van der Waals surface area contributed by atoms with Crippen LogP contribution in [0.3, 0.4) is 0 Å². The highest BCUT2D eigenvalue weighted by atomic mass is 16.5. The third kappa shape index (κ3) is 16.7. The van der Waals surface area contributed by atoms with Gasteiger partial charge in [0.05, 0.1) is 47.1 Å². The van der Waals surface area contributed by atoms with Crippen LogP contribution < -0.4 is 18.9 Å². The Morgan fingerprint density at radius 3 is 1.06 bits per heavy atom. The fourth-order valence-electron chi connectivity index (χ4n) is 7.01. The van der Waals surface area contributed by atoms with Gasteiger partial charge in [-0.2, -0.15) is 20.5 Å². The normalized spacial score (nSPS) is 11.2. The Morgan fingerprint density at radius 1 is 0.379 bits per heavy atom. The van der Waals surface area contributed by atoms with Crippen LogP contribution in [0.5, 0.6) is 23.0 Å². The van der Waals surface area contributed by atoms with E-state index in [9.17, 15) is 9.59 Å². The number of azo groups is 2. The van der Waals surface area contributed by atoms with Crippen LogP contribution in [0.2, 0.25) is 0 Å². The molecule has 0 saturated heterocycles. The highest BCUT2D eigenvalue weighted by Crippen LogP contribution is 2.28. The first-order valence-electron chi connectivity index (χ1n) is 23.1. The van der Waals surface area contributed by atoms with Gasteiger partial charge in [0, 0.05) is 0 Å². The molecule has 0 aromatic heterocycles. The summed E-state index contributed by atoms with van der Waals surface area (Å²) in [6, 6.07) is 39.1. The van der Waals surface area contributed by atoms with Gasteiger partial charge in [-0.1, -0.05) is 75.7 Å². The second kappa shape index (κ2) is 27.2. The summed E-state index contributed by atoms with van der Waals surface area (Å²) in [5.74, 6) is 1.28. The van der Waals surface area contributed by atoms with Gasteiger partial charge in [-0.25, -0.2) is 9.59 Å². The Morgan fingerprint density at radius 2 is 0.697 bits per heavy atom. The van der Waals surface area contributed by atoms with Crippen molar-refractivity contribution in [2.75, 3.05) is 13.2 Å². The van der Waals surface area contributed by atoms with E-state index >= 15 is 0 Å². The summed E-state index contributed by atoms with van der Waals surface area (Å²) in [6.45, 7) is 8.94. The van der Waals surface area contributed by atoms with E-state index in [1.165, 1.54) is 64.2 Å². The molecule has 0 bridgehead atoms. The van der Waals surface area contributed by atoms with Gasteiger partial charge in [0.1, 0.15) is 23.0 Å². The topological polar surface area (TPSA) is 121 Å². The molecule has 0 radical (unpaired) electrons. The number of hydrogen-bond donors (Lipinski definition) is 0. The van der Waals surface area contributed by atoms with E-state index in [0.717, 1.165) is 48.0 Å². The van der Waals surface area contributed by atoms with Gasteiger partial charge in [0.2, 0.25) is 0 Å². The molecule has 0 N–H and O–H groups in total. The molecule has 0 aliphatic carbocycles. The van der Waals surface area contributed by atoms with Gasteiger partial charge in [0.15, 0.2) is 0 Å². The van der Waals surface area contributed by atoms with E-state index < -0.39 is 11.9 Å². The van der Waals surface area contributed by atoms with Crippen LogP contribution in [0.15, 0.2) is 179 Å². The fourth-order valence-corrected chi connectivity index (χ4v) is 7.01. The number of allylic oxidation sites excluding steroid dienone is 2. The molecule has 6 rings (SSSR count). The van der Waals surface area contributed by atoms with Crippen LogP contribution in [0.4, 0.5) is 22.7 Å². The van der Waals surface area contributed by atoms with Crippen LogP contribution >= 0.6 is 0 Å². The fraction of sp³-hybridized carbons (Fsp3) is 0.286. The maximum atomic E-state index is 13.1. The molecule has 0 fully saturated rings. The molecule has 6 aromatic carbocycles. The van der Waals surface area contributed by atoms with Crippen LogP contribution in [0, 0.1) is 0 Å². The minimum Gasteiger partial charge on any atom is -0.494 e. The Bertz CT molecular complexity index is 2330. The van der Waals surface area contributed by atoms with E-state index in [1.807, 2.05) is 72.8 Å². The number of nitrogens with zero attached hydrogens (tertiary/aromatic N) is 4. The lowest BCUT2D eigenvalue weighted by molar-refractivity contribution is 0.0726.